The van der Waals surface area contributed by atoms with Crippen LogP contribution in [0.1, 0.15) is 16.2 Å². The number of rotatable bonds is 1. The Balaban J connectivity index is 2.73. The summed E-state index contributed by atoms with van der Waals surface area (Å²) in [7, 11) is 1.23. The Hall–Kier alpha value is -2.04. The van der Waals surface area contributed by atoms with Crippen molar-refractivity contribution in [1.29, 1.82) is 0 Å². The topological polar surface area (TPSA) is 39.2 Å². The van der Waals surface area contributed by atoms with Crippen molar-refractivity contribution in [1.82, 2.24) is 4.98 Å². The van der Waals surface area contributed by atoms with Crippen molar-refractivity contribution < 1.29 is 18.3 Å². The fourth-order valence-electron chi connectivity index (χ4n) is 1.62. The van der Waals surface area contributed by atoms with Crippen LogP contribution in [0.25, 0.3) is 10.8 Å². The maximum absolute atomic E-state index is 13.1. The van der Waals surface area contributed by atoms with Gasteiger partial charge in [-0.2, -0.15) is 0 Å². The first-order valence-corrected chi connectivity index (χ1v) is 4.87. The van der Waals surface area contributed by atoms with Crippen LogP contribution in [0.15, 0.2) is 18.2 Å². The van der Waals surface area contributed by atoms with Gasteiger partial charge in [-0.1, -0.05) is 0 Å². The second-order valence-corrected chi connectivity index (χ2v) is 3.57. The van der Waals surface area contributed by atoms with Crippen LogP contribution in [0.4, 0.5) is 8.78 Å². The summed E-state index contributed by atoms with van der Waals surface area (Å²) in [6.07, 6.45) is 0. The van der Waals surface area contributed by atoms with Crippen molar-refractivity contribution in [2.75, 3.05) is 7.11 Å². The molecule has 0 unspecified atom stereocenters. The fraction of sp³-hybridized carbons (Fsp3) is 0.167. The zero-order valence-corrected chi connectivity index (χ0v) is 9.25. The number of hydrogen-bond donors (Lipinski definition) is 0. The number of nitrogens with zero attached hydrogens (tertiary/aromatic N) is 1. The summed E-state index contributed by atoms with van der Waals surface area (Å²) >= 11 is 0. The Kier molecular flexibility index (Phi) is 2.75. The lowest BCUT2D eigenvalue weighted by atomic mass is 10.1. The molecule has 5 heteroatoms. The molecule has 0 amide bonds. The lowest BCUT2D eigenvalue weighted by molar-refractivity contribution is 0.0594. The van der Waals surface area contributed by atoms with Gasteiger partial charge in [0.1, 0.15) is 5.69 Å². The Labute approximate surface area is 96.0 Å². The zero-order chi connectivity index (χ0) is 12.6. The predicted molar refractivity (Wildman–Crippen MR) is 57.7 cm³/mol. The molecule has 2 rings (SSSR count). The summed E-state index contributed by atoms with van der Waals surface area (Å²) in [5.74, 6) is -2.51. The smallest absolute Gasteiger partial charge is 0.356 e. The van der Waals surface area contributed by atoms with E-state index >= 15 is 0 Å². The van der Waals surface area contributed by atoms with Gasteiger partial charge in [-0.25, -0.2) is 18.6 Å². The molecule has 0 aliphatic heterocycles. The van der Waals surface area contributed by atoms with E-state index in [1.54, 1.807) is 6.92 Å². The molecule has 0 aliphatic rings. The maximum Gasteiger partial charge on any atom is 0.356 e. The van der Waals surface area contributed by atoms with E-state index in [2.05, 4.69) is 9.72 Å². The van der Waals surface area contributed by atoms with E-state index in [9.17, 15) is 13.6 Å². The molecule has 0 fully saturated rings. The number of methoxy groups -OCH3 is 1. The first-order chi connectivity index (χ1) is 8.02. The molecule has 0 spiro atoms. The molecule has 3 nitrogen and oxygen atoms in total. The van der Waals surface area contributed by atoms with Crippen molar-refractivity contribution in [3.63, 3.8) is 0 Å². The molecule has 0 aliphatic carbocycles. The number of benzene rings is 1. The highest BCUT2D eigenvalue weighted by atomic mass is 19.2. The highest BCUT2D eigenvalue weighted by molar-refractivity contribution is 5.94. The van der Waals surface area contributed by atoms with Crippen molar-refractivity contribution >= 4 is 16.7 Å². The van der Waals surface area contributed by atoms with Gasteiger partial charge in [0.2, 0.25) is 0 Å². The number of carbonyl (C=O) groups is 1. The first kappa shape index (κ1) is 11.4. The number of aryl methyl sites for hydroxylation is 1. The summed E-state index contributed by atoms with van der Waals surface area (Å²) in [4.78, 5) is 15.3. The summed E-state index contributed by atoms with van der Waals surface area (Å²) in [6.45, 7) is 1.62. The van der Waals surface area contributed by atoms with Gasteiger partial charge in [0.25, 0.3) is 0 Å². The molecule has 0 bridgehead atoms. The average Bonchev–Trinajstić information content (AvgIpc) is 2.30. The van der Waals surface area contributed by atoms with Crippen molar-refractivity contribution in [3.05, 3.63) is 41.2 Å². The van der Waals surface area contributed by atoms with Gasteiger partial charge in [0, 0.05) is 11.1 Å². The fourth-order valence-corrected chi connectivity index (χ4v) is 1.62. The molecule has 0 saturated heterocycles. The van der Waals surface area contributed by atoms with Gasteiger partial charge in [-0.15, -0.1) is 0 Å². The second-order valence-electron chi connectivity index (χ2n) is 3.57. The molecule has 0 atom stereocenters. The normalized spacial score (nSPS) is 10.6. The van der Waals surface area contributed by atoms with Gasteiger partial charge >= 0.3 is 5.97 Å². The molecule has 1 heterocycles. The summed E-state index contributed by atoms with van der Waals surface area (Å²) in [5, 5.41) is 0.883. The summed E-state index contributed by atoms with van der Waals surface area (Å²) in [5.41, 5.74) is 0.519. The second kappa shape index (κ2) is 4.08. The van der Waals surface area contributed by atoms with E-state index in [0.717, 1.165) is 12.1 Å². The molecule has 0 saturated carbocycles. The SMILES string of the molecule is COC(=O)c1cc2cc(F)c(F)cc2c(C)n1. The van der Waals surface area contributed by atoms with Crippen LogP contribution in [0.5, 0.6) is 0 Å². The van der Waals surface area contributed by atoms with Crippen LogP contribution in [-0.2, 0) is 4.74 Å². The number of ether oxygens (including phenoxy) is 1. The van der Waals surface area contributed by atoms with Crippen LogP contribution >= 0.6 is 0 Å². The van der Waals surface area contributed by atoms with E-state index in [4.69, 9.17) is 0 Å². The van der Waals surface area contributed by atoms with Crippen LogP contribution in [0, 0.1) is 18.6 Å². The Bertz CT molecular complexity index is 611. The standard InChI is InChI=1S/C12H9F2NO2/c1-6-8-5-10(14)9(13)3-7(8)4-11(15-6)12(16)17-2/h3-5H,1-2H3. The van der Waals surface area contributed by atoms with E-state index in [1.807, 2.05) is 0 Å². The third-order valence-corrected chi connectivity index (χ3v) is 2.46. The number of pyridine rings is 1. The van der Waals surface area contributed by atoms with Crippen LogP contribution < -0.4 is 0 Å². The number of fused-ring (bicyclic) bond motifs is 1. The maximum atomic E-state index is 13.1. The Morgan fingerprint density at radius 1 is 1.24 bits per heavy atom. The molecule has 1 aromatic heterocycles. The van der Waals surface area contributed by atoms with Crippen molar-refractivity contribution in [3.8, 4) is 0 Å². The van der Waals surface area contributed by atoms with Gasteiger partial charge < -0.3 is 4.74 Å². The van der Waals surface area contributed by atoms with Crippen molar-refractivity contribution in [2.24, 2.45) is 0 Å². The van der Waals surface area contributed by atoms with Gasteiger partial charge in [0.05, 0.1) is 7.11 Å². The molecule has 2 aromatic rings. The van der Waals surface area contributed by atoms with Crippen LogP contribution in [0.3, 0.4) is 0 Å². The van der Waals surface area contributed by atoms with E-state index in [-0.39, 0.29) is 5.69 Å². The molecule has 0 radical (unpaired) electrons. The lowest BCUT2D eigenvalue weighted by Crippen LogP contribution is -2.05. The number of esters is 1. The minimum Gasteiger partial charge on any atom is -0.464 e. The van der Waals surface area contributed by atoms with E-state index in [1.165, 1.54) is 13.2 Å². The summed E-state index contributed by atoms with van der Waals surface area (Å²) < 4.78 is 30.7. The van der Waals surface area contributed by atoms with Crippen LogP contribution in [0.2, 0.25) is 0 Å². The third-order valence-electron chi connectivity index (χ3n) is 2.46. The quantitative estimate of drug-likeness (QED) is 0.715. The molecule has 1 aromatic carbocycles. The summed E-state index contributed by atoms with van der Waals surface area (Å²) in [6, 6.07) is 3.47. The molecular formula is C12H9F2NO2. The Morgan fingerprint density at radius 2 is 1.88 bits per heavy atom. The average molecular weight is 237 g/mol. The highest BCUT2D eigenvalue weighted by Crippen LogP contribution is 2.21. The zero-order valence-electron chi connectivity index (χ0n) is 9.25. The number of hydrogen-bond acceptors (Lipinski definition) is 3. The van der Waals surface area contributed by atoms with E-state index in [0.29, 0.717) is 16.5 Å². The highest BCUT2D eigenvalue weighted by Gasteiger charge is 2.12. The van der Waals surface area contributed by atoms with Crippen molar-refractivity contribution in [2.45, 2.75) is 6.92 Å². The molecular weight excluding hydrogens is 228 g/mol. The van der Waals surface area contributed by atoms with Crippen LogP contribution in [-0.4, -0.2) is 18.1 Å². The lowest BCUT2D eigenvalue weighted by Gasteiger charge is -2.05. The third kappa shape index (κ3) is 1.95. The Morgan fingerprint density at radius 3 is 2.53 bits per heavy atom. The van der Waals surface area contributed by atoms with E-state index < -0.39 is 17.6 Å². The molecule has 17 heavy (non-hydrogen) atoms. The predicted octanol–water partition coefficient (Wildman–Crippen LogP) is 2.61. The molecule has 0 N–H and O–H groups in total. The van der Waals surface area contributed by atoms with Gasteiger partial charge in [0.15, 0.2) is 11.6 Å². The first-order valence-electron chi connectivity index (χ1n) is 4.87. The number of carbonyl (C=O) groups excluding carboxylic acids is 1. The minimum absolute atomic E-state index is 0.0727. The molecule has 88 valence electrons. The van der Waals surface area contributed by atoms with Gasteiger partial charge in [-0.05, 0) is 30.5 Å². The van der Waals surface area contributed by atoms with Gasteiger partial charge in [-0.3, -0.25) is 0 Å². The largest absolute Gasteiger partial charge is 0.464 e. The monoisotopic (exact) mass is 237 g/mol. The number of halogens is 2. The number of aromatic nitrogens is 1. The minimum atomic E-state index is -0.959.